The summed E-state index contributed by atoms with van der Waals surface area (Å²) in [5.74, 6) is 1.46. The zero-order chi connectivity index (χ0) is 14.7. The van der Waals surface area contributed by atoms with Crippen LogP contribution < -0.4 is 0 Å². The monoisotopic (exact) mass is 298 g/mol. The fraction of sp³-hybridized carbons (Fsp3) is 0.867. The minimum atomic E-state index is 0.155. The first kappa shape index (κ1) is 15.8. The number of thioether (sulfide) groups is 1. The van der Waals surface area contributed by atoms with Crippen molar-refractivity contribution in [3.05, 3.63) is 0 Å². The number of likely N-dealkylation sites (tertiary alicyclic amines) is 1. The predicted octanol–water partition coefficient (Wildman–Crippen LogP) is 1.99. The van der Waals surface area contributed by atoms with Crippen molar-refractivity contribution in [1.29, 1.82) is 0 Å². The second-order valence-corrected chi connectivity index (χ2v) is 7.54. The van der Waals surface area contributed by atoms with Crippen molar-refractivity contribution >= 4 is 22.8 Å². The molecule has 20 heavy (non-hydrogen) atoms. The Hall–Kier alpha value is -0.550. The lowest BCUT2D eigenvalue weighted by molar-refractivity contribution is -0.130. The van der Waals surface area contributed by atoms with Crippen LogP contribution in [-0.4, -0.2) is 59.3 Å². The minimum absolute atomic E-state index is 0.155. The zero-order valence-electron chi connectivity index (χ0n) is 12.8. The van der Waals surface area contributed by atoms with E-state index in [4.69, 9.17) is 0 Å². The summed E-state index contributed by atoms with van der Waals surface area (Å²) in [4.78, 5) is 27.6. The Labute approximate surface area is 126 Å². The average molecular weight is 298 g/mol. The highest BCUT2D eigenvalue weighted by molar-refractivity contribution is 8.13. The first-order valence-corrected chi connectivity index (χ1v) is 8.55. The molecule has 5 heteroatoms. The molecule has 0 bridgehead atoms. The molecule has 0 radical (unpaired) electrons. The van der Waals surface area contributed by atoms with Crippen LogP contribution in [0, 0.1) is 5.92 Å². The summed E-state index contributed by atoms with van der Waals surface area (Å²) in [6.07, 6.45) is 5.26. The van der Waals surface area contributed by atoms with E-state index in [2.05, 4.69) is 23.9 Å². The molecule has 1 aliphatic carbocycles. The molecule has 1 heterocycles. The third-order valence-corrected chi connectivity index (χ3v) is 5.64. The van der Waals surface area contributed by atoms with E-state index < -0.39 is 0 Å². The SMILES string of the molecule is CC(=O)SCC1CC(=O)N(C2CCC(N(C)C)CC2)C1. The summed E-state index contributed by atoms with van der Waals surface area (Å²) in [5.41, 5.74) is 0. The van der Waals surface area contributed by atoms with Crippen molar-refractivity contribution in [1.82, 2.24) is 9.80 Å². The quantitative estimate of drug-likeness (QED) is 0.796. The molecule has 1 saturated carbocycles. The third kappa shape index (κ3) is 3.98. The van der Waals surface area contributed by atoms with Gasteiger partial charge in [-0.05, 0) is 45.7 Å². The fourth-order valence-corrected chi connectivity index (χ4v) is 4.09. The molecular formula is C15H26N2O2S. The van der Waals surface area contributed by atoms with Gasteiger partial charge in [0.05, 0.1) is 0 Å². The number of nitrogens with zero attached hydrogens (tertiary/aromatic N) is 2. The summed E-state index contributed by atoms with van der Waals surface area (Å²) in [6, 6.07) is 1.11. The Morgan fingerprint density at radius 2 is 1.95 bits per heavy atom. The van der Waals surface area contributed by atoms with Crippen molar-refractivity contribution in [3.63, 3.8) is 0 Å². The number of carbonyl (C=O) groups is 2. The van der Waals surface area contributed by atoms with E-state index in [1.54, 1.807) is 6.92 Å². The summed E-state index contributed by atoms with van der Waals surface area (Å²) in [5, 5.41) is 0.155. The van der Waals surface area contributed by atoms with Crippen molar-refractivity contribution in [2.24, 2.45) is 5.92 Å². The van der Waals surface area contributed by atoms with Crippen LogP contribution in [-0.2, 0) is 9.59 Å². The van der Waals surface area contributed by atoms with E-state index in [0.717, 1.165) is 25.1 Å². The van der Waals surface area contributed by atoms with E-state index in [0.29, 0.717) is 30.3 Å². The second-order valence-electron chi connectivity index (χ2n) is 6.34. The minimum Gasteiger partial charge on any atom is -0.339 e. The van der Waals surface area contributed by atoms with E-state index in [1.165, 1.54) is 24.6 Å². The maximum atomic E-state index is 12.2. The highest BCUT2D eigenvalue weighted by Crippen LogP contribution is 2.31. The number of rotatable bonds is 4. The molecule has 0 aromatic rings. The standard InChI is InChI=1S/C15H26N2O2S/c1-11(18)20-10-12-8-15(19)17(9-12)14-6-4-13(5-7-14)16(2)3/h12-14H,4-10H2,1-3H3. The van der Waals surface area contributed by atoms with Gasteiger partial charge in [0.1, 0.15) is 0 Å². The Balaban J connectivity index is 1.82. The first-order valence-electron chi connectivity index (χ1n) is 7.56. The molecule has 0 aromatic heterocycles. The van der Waals surface area contributed by atoms with Crippen molar-refractivity contribution in [2.75, 3.05) is 26.4 Å². The van der Waals surface area contributed by atoms with Crippen LogP contribution in [0.3, 0.4) is 0 Å². The average Bonchev–Trinajstić information content (AvgIpc) is 2.78. The summed E-state index contributed by atoms with van der Waals surface area (Å²) in [6.45, 7) is 2.46. The second kappa shape index (κ2) is 6.94. The molecule has 2 aliphatic rings. The van der Waals surface area contributed by atoms with Crippen LogP contribution >= 0.6 is 11.8 Å². The molecule has 1 saturated heterocycles. The lowest BCUT2D eigenvalue weighted by atomic mass is 9.89. The van der Waals surface area contributed by atoms with Gasteiger partial charge in [0.15, 0.2) is 5.12 Å². The van der Waals surface area contributed by atoms with Crippen LogP contribution in [0.4, 0.5) is 0 Å². The topological polar surface area (TPSA) is 40.6 Å². The third-order valence-electron chi connectivity index (χ3n) is 4.60. The molecule has 0 N–H and O–H groups in total. The Morgan fingerprint density at radius 1 is 1.30 bits per heavy atom. The van der Waals surface area contributed by atoms with Gasteiger partial charge in [-0.15, -0.1) is 0 Å². The van der Waals surface area contributed by atoms with Crippen LogP contribution in [0.1, 0.15) is 39.0 Å². The molecule has 1 unspecified atom stereocenters. The molecule has 114 valence electrons. The van der Waals surface area contributed by atoms with Crippen LogP contribution in [0.25, 0.3) is 0 Å². The Kier molecular flexibility index (Phi) is 5.49. The molecule has 0 aromatic carbocycles. The number of hydrogen-bond donors (Lipinski definition) is 0. The van der Waals surface area contributed by atoms with Gasteiger partial charge >= 0.3 is 0 Å². The van der Waals surface area contributed by atoms with Crippen LogP contribution in [0.2, 0.25) is 0 Å². The largest absolute Gasteiger partial charge is 0.339 e. The number of carbonyl (C=O) groups excluding carboxylic acids is 2. The van der Waals surface area contributed by atoms with Gasteiger partial charge in [0.2, 0.25) is 5.91 Å². The normalized spacial score (nSPS) is 31.1. The highest BCUT2D eigenvalue weighted by Gasteiger charge is 2.36. The molecule has 1 amide bonds. The van der Waals surface area contributed by atoms with Crippen molar-refractivity contribution < 1.29 is 9.59 Å². The predicted molar refractivity (Wildman–Crippen MR) is 82.7 cm³/mol. The molecule has 2 fully saturated rings. The number of hydrogen-bond acceptors (Lipinski definition) is 4. The summed E-state index contributed by atoms with van der Waals surface area (Å²) < 4.78 is 0. The van der Waals surface area contributed by atoms with Gasteiger partial charge in [-0.1, -0.05) is 11.8 Å². The van der Waals surface area contributed by atoms with Gasteiger partial charge < -0.3 is 9.80 Å². The van der Waals surface area contributed by atoms with Gasteiger partial charge in [0, 0.05) is 37.7 Å². The van der Waals surface area contributed by atoms with Gasteiger partial charge in [-0.2, -0.15) is 0 Å². The number of amides is 1. The van der Waals surface area contributed by atoms with Gasteiger partial charge in [0.25, 0.3) is 0 Å². The molecule has 1 atom stereocenters. The van der Waals surface area contributed by atoms with E-state index in [-0.39, 0.29) is 5.12 Å². The van der Waals surface area contributed by atoms with E-state index in [1.807, 2.05) is 0 Å². The maximum Gasteiger partial charge on any atom is 0.223 e. The van der Waals surface area contributed by atoms with Gasteiger partial charge in [-0.25, -0.2) is 0 Å². The van der Waals surface area contributed by atoms with Crippen molar-refractivity contribution in [3.8, 4) is 0 Å². The Morgan fingerprint density at radius 3 is 2.50 bits per heavy atom. The first-order chi connectivity index (χ1) is 9.47. The highest BCUT2D eigenvalue weighted by atomic mass is 32.2. The van der Waals surface area contributed by atoms with Crippen LogP contribution in [0.5, 0.6) is 0 Å². The summed E-state index contributed by atoms with van der Waals surface area (Å²) in [7, 11) is 4.28. The molecular weight excluding hydrogens is 272 g/mol. The van der Waals surface area contributed by atoms with Crippen LogP contribution in [0.15, 0.2) is 0 Å². The molecule has 2 rings (SSSR count). The molecule has 4 nitrogen and oxygen atoms in total. The lowest BCUT2D eigenvalue weighted by Gasteiger charge is -2.37. The Bertz CT molecular complexity index is 365. The molecule has 1 aliphatic heterocycles. The lowest BCUT2D eigenvalue weighted by Crippen LogP contribution is -2.42. The van der Waals surface area contributed by atoms with Crippen molar-refractivity contribution in [2.45, 2.75) is 51.1 Å². The summed E-state index contributed by atoms with van der Waals surface area (Å²) >= 11 is 1.36. The zero-order valence-corrected chi connectivity index (χ0v) is 13.6. The smallest absolute Gasteiger partial charge is 0.223 e. The maximum absolute atomic E-state index is 12.2. The van der Waals surface area contributed by atoms with Gasteiger partial charge in [-0.3, -0.25) is 9.59 Å². The fourth-order valence-electron chi connectivity index (χ4n) is 3.39. The van der Waals surface area contributed by atoms with E-state index in [9.17, 15) is 9.59 Å². The van der Waals surface area contributed by atoms with E-state index >= 15 is 0 Å². The molecule has 0 spiro atoms.